The molecule has 3 fully saturated rings. The Morgan fingerprint density at radius 1 is 1.10 bits per heavy atom. The molecule has 2 aliphatic carbocycles. The molecule has 41 heavy (non-hydrogen) atoms. The van der Waals surface area contributed by atoms with Gasteiger partial charge < -0.3 is 26.0 Å². The van der Waals surface area contributed by atoms with Gasteiger partial charge >= 0.3 is 0 Å². The molecular weight excluding hydrogens is 525 g/mol. The van der Waals surface area contributed by atoms with Crippen LogP contribution in [0, 0.1) is 11.7 Å². The highest BCUT2D eigenvalue weighted by Crippen LogP contribution is 2.36. The summed E-state index contributed by atoms with van der Waals surface area (Å²) >= 11 is 0. The molecule has 1 saturated heterocycles. The SMILES string of the molecule is CN(C)C(=O)[C@H]1CC[C@@H](OC2CC3(CCCCCCCCC3)NCC2NC(=O)c2c(N)nn3cc(F)cnc23)CC1. The molecule has 2 amide bonds. The van der Waals surface area contributed by atoms with Crippen molar-refractivity contribution in [2.24, 2.45) is 5.92 Å². The lowest BCUT2D eigenvalue weighted by Gasteiger charge is -2.47. The van der Waals surface area contributed by atoms with Crippen molar-refractivity contribution >= 4 is 23.3 Å². The van der Waals surface area contributed by atoms with Gasteiger partial charge in [-0.3, -0.25) is 9.59 Å². The summed E-state index contributed by atoms with van der Waals surface area (Å²) in [4.78, 5) is 31.8. The van der Waals surface area contributed by atoms with Crippen molar-refractivity contribution < 1.29 is 18.7 Å². The lowest BCUT2D eigenvalue weighted by atomic mass is 9.76. The molecule has 226 valence electrons. The summed E-state index contributed by atoms with van der Waals surface area (Å²) in [5.41, 5.74) is 6.44. The minimum Gasteiger partial charge on any atom is -0.381 e. The van der Waals surface area contributed by atoms with Gasteiger partial charge in [-0.2, -0.15) is 0 Å². The Hall–Kier alpha value is -2.79. The summed E-state index contributed by atoms with van der Waals surface area (Å²) in [5, 5.41) is 11.1. The number of amides is 2. The zero-order valence-electron chi connectivity index (χ0n) is 24.5. The molecule has 2 aromatic heterocycles. The number of hydrogen-bond donors (Lipinski definition) is 3. The summed E-state index contributed by atoms with van der Waals surface area (Å²) in [6.07, 6.45) is 17.2. The molecule has 0 bridgehead atoms. The van der Waals surface area contributed by atoms with Crippen molar-refractivity contribution in [3.63, 3.8) is 0 Å². The normalized spacial score (nSPS) is 27.4. The molecule has 0 aromatic carbocycles. The molecular formula is C30H46FN7O3. The Labute approximate surface area is 242 Å². The van der Waals surface area contributed by atoms with E-state index in [1.807, 2.05) is 14.1 Å². The number of carbonyl (C=O) groups is 2. The van der Waals surface area contributed by atoms with Gasteiger partial charge in [-0.05, 0) is 44.9 Å². The molecule has 10 nitrogen and oxygen atoms in total. The van der Waals surface area contributed by atoms with E-state index in [4.69, 9.17) is 10.5 Å². The topological polar surface area (TPSA) is 127 Å². The van der Waals surface area contributed by atoms with Crippen LogP contribution in [0.5, 0.6) is 0 Å². The quantitative estimate of drug-likeness (QED) is 0.498. The monoisotopic (exact) mass is 571 g/mol. The highest BCUT2D eigenvalue weighted by molar-refractivity contribution is 6.04. The van der Waals surface area contributed by atoms with Gasteiger partial charge in [-0.15, -0.1) is 5.10 Å². The minimum atomic E-state index is -0.560. The smallest absolute Gasteiger partial charge is 0.259 e. The summed E-state index contributed by atoms with van der Waals surface area (Å²) in [5.74, 6) is -0.701. The van der Waals surface area contributed by atoms with Gasteiger partial charge in [0.2, 0.25) is 5.91 Å². The van der Waals surface area contributed by atoms with Crippen LogP contribution in [0.25, 0.3) is 5.65 Å². The number of rotatable bonds is 5. The number of nitrogens with one attached hydrogen (secondary N) is 2. The zero-order valence-corrected chi connectivity index (χ0v) is 24.5. The number of piperidine rings is 1. The number of anilines is 1. The van der Waals surface area contributed by atoms with Crippen LogP contribution >= 0.6 is 0 Å². The first-order valence-corrected chi connectivity index (χ1v) is 15.5. The van der Waals surface area contributed by atoms with Crippen LogP contribution in [0.4, 0.5) is 10.2 Å². The summed E-state index contributed by atoms with van der Waals surface area (Å²) in [7, 11) is 3.63. The number of nitrogen functional groups attached to an aromatic ring is 1. The van der Waals surface area contributed by atoms with Crippen molar-refractivity contribution in [2.45, 2.75) is 114 Å². The maximum atomic E-state index is 13.7. The molecule has 5 rings (SSSR count). The van der Waals surface area contributed by atoms with Gasteiger partial charge in [0.05, 0.1) is 30.6 Å². The van der Waals surface area contributed by atoms with Crippen molar-refractivity contribution in [3.8, 4) is 0 Å². The van der Waals surface area contributed by atoms with Crippen molar-refractivity contribution in [1.29, 1.82) is 0 Å². The highest BCUT2D eigenvalue weighted by atomic mass is 19.1. The Balaban J connectivity index is 1.33. The molecule has 2 saturated carbocycles. The third-order valence-corrected chi connectivity index (χ3v) is 9.39. The van der Waals surface area contributed by atoms with Crippen molar-refractivity contribution in [3.05, 3.63) is 23.8 Å². The van der Waals surface area contributed by atoms with Crippen molar-refractivity contribution in [1.82, 2.24) is 30.1 Å². The van der Waals surface area contributed by atoms with E-state index in [-0.39, 0.29) is 58.5 Å². The number of fused-ring (bicyclic) bond motifs is 1. The maximum Gasteiger partial charge on any atom is 0.259 e. The van der Waals surface area contributed by atoms with Crippen LogP contribution in [0.1, 0.15) is 100 Å². The molecule has 3 aliphatic rings. The minimum absolute atomic E-state index is 0.00882. The van der Waals surface area contributed by atoms with Crippen LogP contribution in [0.3, 0.4) is 0 Å². The third kappa shape index (κ3) is 6.99. The van der Waals surface area contributed by atoms with E-state index < -0.39 is 5.82 Å². The number of aromatic nitrogens is 3. The number of nitrogens with zero attached hydrogens (tertiary/aromatic N) is 4. The number of halogens is 1. The Morgan fingerprint density at radius 3 is 2.41 bits per heavy atom. The van der Waals surface area contributed by atoms with Gasteiger partial charge in [-0.25, -0.2) is 13.9 Å². The predicted molar refractivity (Wildman–Crippen MR) is 155 cm³/mol. The molecule has 2 aromatic rings. The largest absolute Gasteiger partial charge is 0.381 e. The summed E-state index contributed by atoms with van der Waals surface area (Å²) in [6, 6.07) is -0.278. The van der Waals surface area contributed by atoms with Crippen molar-refractivity contribution in [2.75, 3.05) is 26.4 Å². The number of carbonyl (C=O) groups excluding carboxylic acids is 2. The van der Waals surface area contributed by atoms with E-state index >= 15 is 0 Å². The number of ether oxygens (including phenoxy) is 1. The molecule has 1 spiro atoms. The average molecular weight is 572 g/mol. The van der Waals surface area contributed by atoms with E-state index in [9.17, 15) is 14.0 Å². The van der Waals surface area contributed by atoms with Crippen LogP contribution in [-0.2, 0) is 9.53 Å². The van der Waals surface area contributed by atoms with E-state index in [0.717, 1.165) is 57.3 Å². The Bertz CT molecular complexity index is 1200. The maximum absolute atomic E-state index is 13.7. The molecule has 4 N–H and O–H groups in total. The first-order valence-electron chi connectivity index (χ1n) is 15.5. The van der Waals surface area contributed by atoms with E-state index in [0.29, 0.717) is 6.54 Å². The van der Waals surface area contributed by atoms with Crippen LogP contribution in [0.2, 0.25) is 0 Å². The van der Waals surface area contributed by atoms with Gasteiger partial charge in [0.15, 0.2) is 17.3 Å². The van der Waals surface area contributed by atoms with Gasteiger partial charge in [0, 0.05) is 32.1 Å². The Morgan fingerprint density at radius 2 is 1.76 bits per heavy atom. The van der Waals surface area contributed by atoms with E-state index in [1.165, 1.54) is 49.5 Å². The fraction of sp³-hybridized carbons (Fsp3) is 0.733. The third-order valence-electron chi connectivity index (χ3n) is 9.39. The standard InChI is InChI=1S/C30H46FN7O3/c1-37(2)29(40)20-10-12-22(13-11-20)41-24-16-30(14-8-6-4-3-5-7-9-15-30)34-18-23(24)35-28(39)25-26(32)36-38-19-21(31)17-33-27(25)38/h17,19-20,22-24,34H,3-16,18H2,1-2H3,(H2,32,36)(H,35,39)/t20-,22+,23?,24?. The molecule has 11 heteroatoms. The lowest BCUT2D eigenvalue weighted by Crippen LogP contribution is -2.64. The molecule has 1 aliphatic heterocycles. The number of nitrogens with two attached hydrogens (primary N) is 1. The van der Waals surface area contributed by atoms with E-state index in [2.05, 4.69) is 20.7 Å². The van der Waals surface area contributed by atoms with Gasteiger partial charge in [0.25, 0.3) is 5.91 Å². The molecule has 2 atom stereocenters. The van der Waals surface area contributed by atoms with Crippen LogP contribution < -0.4 is 16.4 Å². The average Bonchev–Trinajstić information content (AvgIpc) is 3.28. The summed E-state index contributed by atoms with van der Waals surface area (Å²) in [6.45, 7) is 0.589. The van der Waals surface area contributed by atoms with Gasteiger partial charge in [0.1, 0.15) is 5.56 Å². The zero-order chi connectivity index (χ0) is 29.0. The fourth-order valence-corrected chi connectivity index (χ4v) is 7.11. The molecule has 2 unspecified atom stereocenters. The first-order chi connectivity index (χ1) is 19.7. The molecule has 3 heterocycles. The summed E-state index contributed by atoms with van der Waals surface area (Å²) < 4.78 is 21.7. The Kier molecular flexibility index (Phi) is 9.43. The fourth-order valence-electron chi connectivity index (χ4n) is 7.11. The highest BCUT2D eigenvalue weighted by Gasteiger charge is 2.43. The van der Waals surface area contributed by atoms with E-state index in [1.54, 1.807) is 4.90 Å². The first kappa shape index (κ1) is 29.7. The predicted octanol–water partition coefficient (Wildman–Crippen LogP) is 3.84. The second-order valence-corrected chi connectivity index (χ2v) is 12.6. The van der Waals surface area contributed by atoms with Crippen LogP contribution in [-0.4, -0.2) is 75.7 Å². The van der Waals surface area contributed by atoms with Crippen LogP contribution in [0.15, 0.2) is 12.4 Å². The number of hydrogen-bond acceptors (Lipinski definition) is 7. The second kappa shape index (κ2) is 13.0. The lowest BCUT2D eigenvalue weighted by molar-refractivity contribution is -0.136. The van der Waals surface area contributed by atoms with Gasteiger partial charge in [-0.1, -0.05) is 44.9 Å². The second-order valence-electron chi connectivity index (χ2n) is 12.6. The molecule has 0 radical (unpaired) electrons.